The summed E-state index contributed by atoms with van der Waals surface area (Å²) in [4.78, 5) is 27.2. The van der Waals surface area contributed by atoms with E-state index in [1.165, 1.54) is 4.90 Å². The van der Waals surface area contributed by atoms with E-state index in [-0.39, 0.29) is 16.7 Å². The molecule has 1 fully saturated rings. The fourth-order valence-electron chi connectivity index (χ4n) is 3.74. The number of amides is 1. The van der Waals surface area contributed by atoms with E-state index >= 15 is 0 Å². The molecule has 1 aromatic heterocycles. The van der Waals surface area contributed by atoms with Gasteiger partial charge in [0, 0.05) is 12.1 Å². The number of hydrogen-bond acceptors (Lipinski definition) is 4. The van der Waals surface area contributed by atoms with Gasteiger partial charge in [-0.2, -0.15) is 0 Å². The van der Waals surface area contributed by atoms with Crippen molar-refractivity contribution in [1.82, 2.24) is 4.90 Å². The smallest absolute Gasteiger partial charge is 0.295 e. The molecule has 1 atom stereocenters. The van der Waals surface area contributed by atoms with Gasteiger partial charge in [-0.25, -0.2) is 0 Å². The summed E-state index contributed by atoms with van der Waals surface area (Å²) in [5.74, 6) is -0.244. The third kappa shape index (κ3) is 3.74. The molecular weight excluding hydrogens is 366 g/mol. The lowest BCUT2D eigenvalue weighted by Crippen LogP contribution is -2.30. The van der Waals surface area contributed by atoms with Gasteiger partial charge in [-0.15, -0.1) is 0 Å². The molecule has 1 amide bonds. The molecule has 154 valence electrons. The predicted octanol–water partition coefficient (Wildman–Crippen LogP) is 5.03. The minimum absolute atomic E-state index is 0.0898. The number of aryl methyl sites for hydroxylation is 2. The minimum atomic E-state index is -0.721. The van der Waals surface area contributed by atoms with E-state index in [2.05, 4.69) is 20.8 Å². The van der Waals surface area contributed by atoms with Crippen molar-refractivity contribution in [2.24, 2.45) is 0 Å². The number of aliphatic hydroxyl groups excluding tert-OH is 1. The van der Waals surface area contributed by atoms with Crippen LogP contribution in [0.4, 0.5) is 0 Å². The maximum atomic E-state index is 12.9. The third-order valence-electron chi connectivity index (χ3n) is 5.39. The highest BCUT2D eigenvalue weighted by atomic mass is 16.3. The summed E-state index contributed by atoms with van der Waals surface area (Å²) in [6.07, 6.45) is 0.696. The number of Topliss-reactive ketones (excluding diaryl/α,β-unsaturated/α-hetero) is 1. The molecule has 2 aromatic rings. The highest BCUT2D eigenvalue weighted by molar-refractivity contribution is 6.46. The molecule has 1 N–H and O–H groups in total. The van der Waals surface area contributed by atoms with Crippen LogP contribution in [0.2, 0.25) is 0 Å². The second kappa shape index (κ2) is 7.54. The van der Waals surface area contributed by atoms with Crippen LogP contribution in [0.1, 0.15) is 68.4 Å². The van der Waals surface area contributed by atoms with Gasteiger partial charge in [0.05, 0.1) is 5.57 Å². The fourth-order valence-corrected chi connectivity index (χ4v) is 3.74. The van der Waals surface area contributed by atoms with Crippen LogP contribution in [0.15, 0.2) is 40.3 Å². The second-order valence-electron chi connectivity index (χ2n) is 8.72. The molecule has 0 spiro atoms. The highest BCUT2D eigenvalue weighted by Crippen LogP contribution is 2.41. The number of likely N-dealkylation sites (tertiary alicyclic amines) is 1. The summed E-state index contributed by atoms with van der Waals surface area (Å²) in [6, 6.07) is 8.70. The molecule has 1 saturated heterocycles. The number of carbonyl (C=O) groups excluding carboxylic acids is 2. The summed E-state index contributed by atoms with van der Waals surface area (Å²) >= 11 is 0. The summed E-state index contributed by atoms with van der Waals surface area (Å²) in [7, 11) is 0. The van der Waals surface area contributed by atoms with E-state index in [9.17, 15) is 14.7 Å². The van der Waals surface area contributed by atoms with Crippen LogP contribution in [0.25, 0.3) is 5.76 Å². The second-order valence-corrected chi connectivity index (χ2v) is 8.72. The molecule has 0 aliphatic carbocycles. The van der Waals surface area contributed by atoms with Crippen LogP contribution in [0.3, 0.4) is 0 Å². The minimum Gasteiger partial charge on any atom is -0.507 e. The zero-order chi connectivity index (χ0) is 21.5. The predicted molar refractivity (Wildman–Crippen MR) is 113 cm³/mol. The van der Waals surface area contributed by atoms with Crippen molar-refractivity contribution in [3.63, 3.8) is 0 Å². The quantitative estimate of drug-likeness (QED) is 0.448. The van der Waals surface area contributed by atoms with Gasteiger partial charge < -0.3 is 14.4 Å². The van der Waals surface area contributed by atoms with E-state index in [0.717, 1.165) is 11.1 Å². The molecule has 5 heteroatoms. The van der Waals surface area contributed by atoms with Gasteiger partial charge in [-0.3, -0.25) is 9.59 Å². The molecule has 0 bridgehead atoms. The molecule has 3 rings (SSSR count). The summed E-state index contributed by atoms with van der Waals surface area (Å²) in [5, 5.41) is 11.2. The monoisotopic (exact) mass is 395 g/mol. The largest absolute Gasteiger partial charge is 0.507 e. The molecule has 29 heavy (non-hydrogen) atoms. The van der Waals surface area contributed by atoms with E-state index < -0.39 is 17.7 Å². The molecule has 1 unspecified atom stereocenters. The van der Waals surface area contributed by atoms with E-state index in [0.29, 0.717) is 30.0 Å². The maximum Gasteiger partial charge on any atom is 0.295 e. The van der Waals surface area contributed by atoms with Crippen molar-refractivity contribution in [2.45, 2.75) is 59.4 Å². The standard InChI is InChI=1S/C24H29NO4/c1-7-12-25-20(18-11-9-15(3)29-18)19(22(27)23(25)28)21(26)17-13-16(24(4,5)6)10-8-14(17)2/h8-11,13,20,26H,7,12H2,1-6H3/b21-19+. The van der Waals surface area contributed by atoms with Crippen molar-refractivity contribution in [2.75, 3.05) is 6.54 Å². The van der Waals surface area contributed by atoms with E-state index in [4.69, 9.17) is 4.42 Å². The van der Waals surface area contributed by atoms with Crippen LogP contribution in [0, 0.1) is 13.8 Å². The molecule has 2 heterocycles. The number of ketones is 1. The van der Waals surface area contributed by atoms with Crippen LogP contribution < -0.4 is 0 Å². The maximum absolute atomic E-state index is 12.9. The Balaban J connectivity index is 2.23. The van der Waals surface area contributed by atoms with Crippen molar-refractivity contribution < 1.29 is 19.1 Å². The molecule has 1 aliphatic rings. The molecule has 0 radical (unpaired) electrons. The van der Waals surface area contributed by atoms with Crippen molar-refractivity contribution >= 4 is 17.4 Å². The van der Waals surface area contributed by atoms with Gasteiger partial charge >= 0.3 is 0 Å². The Bertz CT molecular complexity index is 991. The van der Waals surface area contributed by atoms with Gasteiger partial charge in [0.1, 0.15) is 23.3 Å². The molecule has 5 nitrogen and oxygen atoms in total. The van der Waals surface area contributed by atoms with Crippen molar-refractivity contribution in [3.8, 4) is 0 Å². The lowest BCUT2D eigenvalue weighted by atomic mass is 9.84. The molecule has 0 saturated carbocycles. The van der Waals surface area contributed by atoms with Crippen molar-refractivity contribution in [3.05, 3.63) is 64.1 Å². The molecular formula is C24H29NO4. The normalized spacial score (nSPS) is 19.2. The van der Waals surface area contributed by atoms with Crippen molar-refractivity contribution in [1.29, 1.82) is 0 Å². The Morgan fingerprint density at radius 1 is 1.14 bits per heavy atom. The first kappa shape index (κ1) is 20.9. The fraction of sp³-hybridized carbons (Fsp3) is 0.417. The number of rotatable bonds is 4. The first-order valence-electron chi connectivity index (χ1n) is 10.0. The number of nitrogens with zero attached hydrogens (tertiary/aromatic N) is 1. The summed E-state index contributed by atoms with van der Waals surface area (Å²) in [5.41, 5.74) is 2.42. The van der Waals surface area contributed by atoms with E-state index in [1.807, 2.05) is 39.0 Å². The van der Waals surface area contributed by atoms with Gasteiger partial charge in [-0.1, -0.05) is 39.8 Å². The molecule has 1 aliphatic heterocycles. The van der Waals surface area contributed by atoms with Crippen LogP contribution in [-0.2, 0) is 15.0 Å². The van der Waals surface area contributed by atoms with Crippen LogP contribution >= 0.6 is 0 Å². The Morgan fingerprint density at radius 2 is 1.83 bits per heavy atom. The van der Waals surface area contributed by atoms with Crippen LogP contribution in [-0.4, -0.2) is 28.2 Å². The first-order chi connectivity index (χ1) is 13.6. The Hall–Kier alpha value is -2.82. The topological polar surface area (TPSA) is 70.8 Å². The Morgan fingerprint density at radius 3 is 2.38 bits per heavy atom. The Labute approximate surface area is 172 Å². The SMILES string of the molecule is CCCN1C(=O)C(=O)/C(=C(/O)c2cc(C(C)(C)C)ccc2C)C1c1ccc(C)o1. The van der Waals surface area contributed by atoms with Crippen LogP contribution in [0.5, 0.6) is 0 Å². The number of hydrogen-bond donors (Lipinski definition) is 1. The third-order valence-corrected chi connectivity index (χ3v) is 5.39. The average Bonchev–Trinajstić information content (AvgIpc) is 3.17. The zero-order valence-electron chi connectivity index (χ0n) is 18.0. The molecule has 1 aromatic carbocycles. The number of aliphatic hydroxyl groups is 1. The van der Waals surface area contributed by atoms with Gasteiger partial charge in [-0.05, 0) is 55.0 Å². The number of carbonyl (C=O) groups is 2. The number of benzene rings is 1. The average molecular weight is 395 g/mol. The van der Waals surface area contributed by atoms with E-state index in [1.54, 1.807) is 12.1 Å². The first-order valence-corrected chi connectivity index (χ1v) is 10.0. The van der Waals surface area contributed by atoms with Gasteiger partial charge in [0.25, 0.3) is 11.7 Å². The summed E-state index contributed by atoms with van der Waals surface area (Å²) < 4.78 is 5.77. The summed E-state index contributed by atoms with van der Waals surface area (Å²) in [6.45, 7) is 12.3. The van der Waals surface area contributed by atoms with Gasteiger partial charge in [0.15, 0.2) is 0 Å². The Kier molecular flexibility index (Phi) is 5.44. The van der Waals surface area contributed by atoms with Gasteiger partial charge in [0.2, 0.25) is 0 Å². The lowest BCUT2D eigenvalue weighted by molar-refractivity contribution is -0.140. The highest BCUT2D eigenvalue weighted by Gasteiger charge is 2.47. The zero-order valence-corrected chi connectivity index (χ0v) is 18.0. The number of furan rings is 1. The lowest BCUT2D eigenvalue weighted by Gasteiger charge is -2.23.